The van der Waals surface area contributed by atoms with Crippen LogP contribution in [0.4, 0.5) is 0 Å². The van der Waals surface area contributed by atoms with E-state index in [0.717, 1.165) is 26.0 Å². The second-order valence-corrected chi connectivity index (χ2v) is 8.58. The molecule has 3 rings (SSSR count). The monoisotopic (exact) mass is 400 g/mol. The lowest BCUT2D eigenvalue weighted by atomic mass is 10.0. The minimum Gasteiger partial charge on any atom is -0.298 e. The van der Waals surface area contributed by atoms with Crippen LogP contribution in [0.5, 0.6) is 0 Å². The Balaban J connectivity index is 1.86. The van der Waals surface area contributed by atoms with Crippen molar-refractivity contribution in [2.45, 2.75) is 29.9 Å². The molecule has 24 heavy (non-hydrogen) atoms. The van der Waals surface area contributed by atoms with Crippen LogP contribution in [0.15, 0.2) is 64.2 Å². The summed E-state index contributed by atoms with van der Waals surface area (Å²) in [6.07, 6.45) is 3.85. The van der Waals surface area contributed by atoms with Gasteiger partial charge in [0.25, 0.3) is 0 Å². The van der Waals surface area contributed by atoms with Crippen LogP contribution < -0.4 is 0 Å². The van der Waals surface area contributed by atoms with Crippen LogP contribution in [0.25, 0.3) is 10.9 Å². The molecule has 122 valence electrons. The summed E-state index contributed by atoms with van der Waals surface area (Å²) in [6.45, 7) is 3.93. The molecule has 0 radical (unpaired) electrons. The van der Waals surface area contributed by atoms with Crippen LogP contribution in [0.3, 0.4) is 0 Å². The Morgan fingerprint density at radius 1 is 1.12 bits per heavy atom. The molecule has 0 atom stereocenters. The summed E-state index contributed by atoms with van der Waals surface area (Å²) in [5.41, 5.74) is 1.73. The highest BCUT2D eigenvalue weighted by atomic mass is 79.9. The van der Waals surface area contributed by atoms with Gasteiger partial charge in [-0.15, -0.1) is 11.8 Å². The zero-order valence-electron chi connectivity index (χ0n) is 13.5. The first-order chi connectivity index (χ1) is 11.5. The third-order valence-electron chi connectivity index (χ3n) is 3.77. The van der Waals surface area contributed by atoms with E-state index in [4.69, 9.17) is 0 Å². The molecule has 0 amide bonds. The molecule has 5 heteroatoms. The van der Waals surface area contributed by atoms with Crippen LogP contribution in [-0.4, -0.2) is 20.5 Å². The maximum Gasteiger partial charge on any atom is 0.154 e. The van der Waals surface area contributed by atoms with Gasteiger partial charge in [-0.3, -0.25) is 14.8 Å². The van der Waals surface area contributed by atoms with Crippen molar-refractivity contribution in [3.05, 3.63) is 65.0 Å². The van der Waals surface area contributed by atoms with Crippen molar-refractivity contribution in [2.75, 3.05) is 0 Å². The molecule has 0 fully saturated rings. The standard InChI is InChI=1S/C19H17BrN2OS/c1-19(2,18(23)12-14-5-3-4-9-21-14)24-17-8-10-22-16-7-6-13(20)11-15(16)17/h3-11H,12H2,1-2H3. The minimum atomic E-state index is -0.547. The quantitative estimate of drug-likeness (QED) is 0.560. The fourth-order valence-corrected chi connectivity index (χ4v) is 3.89. The van der Waals surface area contributed by atoms with E-state index in [1.807, 2.05) is 56.3 Å². The van der Waals surface area contributed by atoms with Crippen molar-refractivity contribution in [1.82, 2.24) is 9.97 Å². The van der Waals surface area contributed by atoms with Gasteiger partial charge in [-0.1, -0.05) is 22.0 Å². The number of aromatic nitrogens is 2. The summed E-state index contributed by atoms with van der Waals surface area (Å²) in [4.78, 5) is 22.5. The molecular weight excluding hydrogens is 384 g/mol. The van der Waals surface area contributed by atoms with Gasteiger partial charge in [0.2, 0.25) is 0 Å². The summed E-state index contributed by atoms with van der Waals surface area (Å²) < 4.78 is 0.455. The fraction of sp³-hybridized carbons (Fsp3) is 0.211. The maximum atomic E-state index is 12.8. The van der Waals surface area contributed by atoms with Gasteiger partial charge in [0.15, 0.2) is 5.78 Å². The topological polar surface area (TPSA) is 42.9 Å². The van der Waals surface area contributed by atoms with E-state index < -0.39 is 4.75 Å². The van der Waals surface area contributed by atoms with Crippen molar-refractivity contribution >= 4 is 44.4 Å². The van der Waals surface area contributed by atoms with E-state index in [9.17, 15) is 4.79 Å². The SMILES string of the molecule is CC(C)(Sc1ccnc2ccc(Br)cc12)C(=O)Cc1ccccn1. The third-order valence-corrected chi connectivity index (χ3v) is 5.58. The first-order valence-corrected chi connectivity index (χ1v) is 9.23. The number of hydrogen-bond acceptors (Lipinski definition) is 4. The summed E-state index contributed by atoms with van der Waals surface area (Å²) >= 11 is 5.08. The molecule has 0 aliphatic rings. The van der Waals surface area contributed by atoms with E-state index in [1.54, 1.807) is 24.2 Å². The van der Waals surface area contributed by atoms with Crippen LogP contribution in [0.1, 0.15) is 19.5 Å². The van der Waals surface area contributed by atoms with E-state index in [-0.39, 0.29) is 5.78 Å². The Hall–Kier alpha value is -1.72. The number of pyridine rings is 2. The third kappa shape index (κ3) is 3.84. The Morgan fingerprint density at radius 3 is 2.71 bits per heavy atom. The molecule has 3 aromatic rings. The zero-order chi connectivity index (χ0) is 17.2. The van der Waals surface area contributed by atoms with Crippen molar-refractivity contribution in [3.63, 3.8) is 0 Å². The number of carbonyl (C=O) groups is 1. The van der Waals surface area contributed by atoms with Crippen LogP contribution >= 0.6 is 27.7 Å². The summed E-state index contributed by atoms with van der Waals surface area (Å²) in [6, 6.07) is 13.6. The first-order valence-electron chi connectivity index (χ1n) is 7.62. The smallest absolute Gasteiger partial charge is 0.154 e. The van der Waals surface area contributed by atoms with Crippen LogP contribution in [0, 0.1) is 0 Å². The van der Waals surface area contributed by atoms with E-state index in [1.165, 1.54) is 0 Å². The summed E-state index contributed by atoms with van der Waals surface area (Å²) in [5.74, 6) is 0.158. The number of nitrogens with zero attached hydrogens (tertiary/aromatic N) is 2. The van der Waals surface area contributed by atoms with Gasteiger partial charge in [-0.05, 0) is 50.2 Å². The second kappa shape index (κ2) is 7.03. The predicted molar refractivity (Wildman–Crippen MR) is 102 cm³/mol. The van der Waals surface area contributed by atoms with Gasteiger partial charge < -0.3 is 0 Å². The number of carbonyl (C=O) groups excluding carboxylic acids is 1. The molecule has 1 aromatic carbocycles. The Morgan fingerprint density at radius 2 is 1.96 bits per heavy atom. The molecular formula is C19H17BrN2OS. The average molecular weight is 401 g/mol. The highest BCUT2D eigenvalue weighted by Gasteiger charge is 2.29. The normalized spacial score (nSPS) is 11.6. The molecule has 0 saturated heterocycles. The van der Waals surface area contributed by atoms with Gasteiger partial charge in [-0.25, -0.2) is 0 Å². The molecule has 0 spiro atoms. The van der Waals surface area contributed by atoms with Crippen molar-refractivity contribution in [3.8, 4) is 0 Å². The van der Waals surface area contributed by atoms with Gasteiger partial charge in [-0.2, -0.15) is 0 Å². The second-order valence-electron chi connectivity index (χ2n) is 6.00. The Kier molecular flexibility index (Phi) is 5.01. The molecule has 0 bridgehead atoms. The maximum absolute atomic E-state index is 12.8. The van der Waals surface area contributed by atoms with Crippen LogP contribution in [-0.2, 0) is 11.2 Å². The molecule has 0 aliphatic carbocycles. The van der Waals surface area contributed by atoms with E-state index >= 15 is 0 Å². The highest BCUT2D eigenvalue weighted by molar-refractivity contribution is 9.10. The Bertz CT molecular complexity index is 881. The number of benzene rings is 1. The number of thioether (sulfide) groups is 1. The average Bonchev–Trinajstić information content (AvgIpc) is 2.56. The fourth-order valence-electron chi connectivity index (χ4n) is 2.39. The number of rotatable bonds is 5. The first kappa shape index (κ1) is 17.1. The number of hydrogen-bond donors (Lipinski definition) is 0. The molecule has 0 aliphatic heterocycles. The largest absolute Gasteiger partial charge is 0.298 e. The van der Waals surface area contributed by atoms with Gasteiger partial charge >= 0.3 is 0 Å². The molecule has 2 aromatic heterocycles. The number of halogens is 1. The molecule has 0 saturated carbocycles. The Labute approximate surface area is 154 Å². The predicted octanol–water partition coefficient (Wildman–Crippen LogP) is 5.07. The van der Waals surface area contributed by atoms with Gasteiger partial charge in [0, 0.05) is 32.8 Å². The van der Waals surface area contributed by atoms with E-state index in [0.29, 0.717) is 6.42 Å². The number of Topliss-reactive ketones (excluding diaryl/α,β-unsaturated/α-hetero) is 1. The zero-order valence-corrected chi connectivity index (χ0v) is 15.9. The van der Waals surface area contributed by atoms with Gasteiger partial charge in [0.05, 0.1) is 16.7 Å². The molecule has 0 N–H and O–H groups in total. The number of fused-ring (bicyclic) bond motifs is 1. The lowest BCUT2D eigenvalue weighted by molar-refractivity contribution is -0.120. The lowest BCUT2D eigenvalue weighted by Gasteiger charge is -2.23. The van der Waals surface area contributed by atoms with Crippen LogP contribution in [0.2, 0.25) is 0 Å². The van der Waals surface area contributed by atoms with Crippen molar-refractivity contribution < 1.29 is 4.79 Å². The highest BCUT2D eigenvalue weighted by Crippen LogP contribution is 2.38. The number of ketones is 1. The summed E-state index contributed by atoms with van der Waals surface area (Å²) in [7, 11) is 0. The van der Waals surface area contributed by atoms with Crippen molar-refractivity contribution in [2.24, 2.45) is 0 Å². The summed E-state index contributed by atoms with van der Waals surface area (Å²) in [5, 5.41) is 1.05. The lowest BCUT2D eigenvalue weighted by Crippen LogP contribution is -2.29. The molecule has 3 nitrogen and oxygen atoms in total. The molecule has 0 unspecified atom stereocenters. The van der Waals surface area contributed by atoms with E-state index in [2.05, 4.69) is 25.9 Å². The molecule has 2 heterocycles. The minimum absolute atomic E-state index is 0.158. The van der Waals surface area contributed by atoms with Crippen molar-refractivity contribution in [1.29, 1.82) is 0 Å². The van der Waals surface area contributed by atoms with Gasteiger partial charge in [0.1, 0.15) is 0 Å².